The van der Waals surface area contributed by atoms with Gasteiger partial charge in [0, 0.05) is 13.7 Å². The number of H-pyrrole nitrogens is 1. The van der Waals surface area contributed by atoms with Crippen molar-refractivity contribution in [2.45, 2.75) is 6.54 Å². The fourth-order valence-electron chi connectivity index (χ4n) is 1.32. The van der Waals surface area contributed by atoms with E-state index in [0.717, 1.165) is 0 Å². The van der Waals surface area contributed by atoms with Crippen molar-refractivity contribution in [3.63, 3.8) is 0 Å². The van der Waals surface area contributed by atoms with Crippen molar-refractivity contribution >= 4 is 17.1 Å². The van der Waals surface area contributed by atoms with Crippen LogP contribution in [0.1, 0.15) is 0 Å². The molecule has 0 fully saturated rings. The topological polar surface area (TPSA) is 98.8 Å². The van der Waals surface area contributed by atoms with Gasteiger partial charge in [0.25, 0.3) is 5.56 Å². The second-order valence-electron chi connectivity index (χ2n) is 3.05. The minimum Gasteiger partial charge on any atom is -0.383 e. The van der Waals surface area contributed by atoms with E-state index >= 15 is 0 Å². The van der Waals surface area contributed by atoms with Gasteiger partial charge in [0.05, 0.1) is 12.9 Å². The molecule has 0 atom stereocenters. The van der Waals surface area contributed by atoms with Crippen LogP contribution in [0.3, 0.4) is 0 Å². The molecule has 0 aliphatic rings. The van der Waals surface area contributed by atoms with Crippen LogP contribution < -0.4 is 11.3 Å². The summed E-state index contributed by atoms with van der Waals surface area (Å²) in [6.07, 6.45) is 1.55. The summed E-state index contributed by atoms with van der Waals surface area (Å²) in [4.78, 5) is 21.8. The number of rotatable bonds is 3. The molecule has 2 aromatic rings. The zero-order valence-electron chi connectivity index (χ0n) is 8.23. The predicted molar refractivity (Wildman–Crippen MR) is 54.4 cm³/mol. The largest absolute Gasteiger partial charge is 0.383 e. The zero-order chi connectivity index (χ0) is 10.8. The number of imidazole rings is 1. The smallest absolute Gasteiger partial charge is 0.280 e. The van der Waals surface area contributed by atoms with E-state index in [1.165, 1.54) is 0 Å². The van der Waals surface area contributed by atoms with Crippen molar-refractivity contribution in [1.82, 2.24) is 19.5 Å². The number of nitrogens with two attached hydrogens (primary N) is 1. The Labute approximate surface area is 84.9 Å². The molecule has 2 rings (SSSR count). The maximum atomic E-state index is 11.4. The Kier molecular flexibility index (Phi) is 2.38. The van der Waals surface area contributed by atoms with Crippen LogP contribution in [-0.4, -0.2) is 33.2 Å². The van der Waals surface area contributed by atoms with E-state index < -0.39 is 0 Å². The maximum absolute atomic E-state index is 11.4. The van der Waals surface area contributed by atoms with Crippen molar-refractivity contribution in [1.29, 1.82) is 0 Å². The summed E-state index contributed by atoms with van der Waals surface area (Å²) in [6.45, 7) is 1.11. The second-order valence-corrected chi connectivity index (χ2v) is 3.05. The molecule has 0 aliphatic carbocycles. The van der Waals surface area contributed by atoms with Gasteiger partial charge in [-0.25, -0.2) is 4.98 Å². The Hall–Kier alpha value is -1.89. The third-order valence-electron chi connectivity index (χ3n) is 2.03. The first-order chi connectivity index (χ1) is 7.22. The van der Waals surface area contributed by atoms with E-state index in [1.54, 1.807) is 18.0 Å². The van der Waals surface area contributed by atoms with Gasteiger partial charge in [-0.1, -0.05) is 0 Å². The number of nitrogen functional groups attached to an aromatic ring is 1. The van der Waals surface area contributed by atoms with E-state index in [1.807, 2.05) is 0 Å². The Morgan fingerprint density at radius 2 is 2.47 bits per heavy atom. The van der Waals surface area contributed by atoms with Gasteiger partial charge in [0.2, 0.25) is 5.95 Å². The molecule has 2 aromatic heterocycles. The molecule has 3 N–H and O–H groups in total. The van der Waals surface area contributed by atoms with Gasteiger partial charge in [-0.05, 0) is 0 Å². The Morgan fingerprint density at radius 1 is 1.67 bits per heavy atom. The molecule has 0 saturated carbocycles. The van der Waals surface area contributed by atoms with E-state index in [2.05, 4.69) is 15.0 Å². The van der Waals surface area contributed by atoms with Crippen LogP contribution >= 0.6 is 0 Å². The molecule has 0 unspecified atom stereocenters. The van der Waals surface area contributed by atoms with Gasteiger partial charge >= 0.3 is 0 Å². The number of nitrogens with one attached hydrogen (secondary N) is 1. The molecule has 7 heteroatoms. The van der Waals surface area contributed by atoms with E-state index in [9.17, 15) is 4.79 Å². The molecule has 2 heterocycles. The number of anilines is 1. The molecule has 0 aliphatic heterocycles. The average Bonchev–Trinajstić information content (AvgIpc) is 2.58. The molecule has 0 aromatic carbocycles. The SMILES string of the molecule is COCCn1cnc2c(=O)[nH]c(N)nc21. The second kappa shape index (κ2) is 3.70. The Morgan fingerprint density at radius 3 is 3.20 bits per heavy atom. The van der Waals surface area contributed by atoms with Gasteiger partial charge < -0.3 is 15.0 Å². The normalized spacial score (nSPS) is 11.0. The summed E-state index contributed by atoms with van der Waals surface area (Å²) in [5.41, 5.74) is 5.89. The highest BCUT2D eigenvalue weighted by atomic mass is 16.5. The minimum atomic E-state index is -0.325. The van der Waals surface area contributed by atoms with Crippen LogP contribution in [0, 0.1) is 0 Å². The minimum absolute atomic E-state index is 0.0895. The third-order valence-corrected chi connectivity index (χ3v) is 2.03. The first-order valence-electron chi connectivity index (χ1n) is 4.42. The summed E-state index contributed by atoms with van der Waals surface area (Å²) >= 11 is 0. The predicted octanol–water partition coefficient (Wildman–Crippen LogP) is -0.652. The molecule has 0 radical (unpaired) electrons. The summed E-state index contributed by atoms with van der Waals surface area (Å²) in [5, 5.41) is 0. The number of aromatic amines is 1. The maximum Gasteiger partial charge on any atom is 0.280 e. The summed E-state index contributed by atoms with van der Waals surface area (Å²) < 4.78 is 6.66. The van der Waals surface area contributed by atoms with Crippen LogP contribution in [0.2, 0.25) is 0 Å². The van der Waals surface area contributed by atoms with E-state index in [4.69, 9.17) is 10.5 Å². The lowest BCUT2D eigenvalue weighted by molar-refractivity contribution is 0.188. The van der Waals surface area contributed by atoms with Crippen molar-refractivity contribution in [2.75, 3.05) is 19.5 Å². The number of nitrogens with zero attached hydrogens (tertiary/aromatic N) is 3. The fourth-order valence-corrected chi connectivity index (χ4v) is 1.32. The van der Waals surface area contributed by atoms with Crippen molar-refractivity contribution in [2.24, 2.45) is 0 Å². The van der Waals surface area contributed by atoms with Crippen LogP contribution in [0.25, 0.3) is 11.2 Å². The summed E-state index contributed by atoms with van der Waals surface area (Å²) in [7, 11) is 1.60. The molecule has 15 heavy (non-hydrogen) atoms. The zero-order valence-corrected chi connectivity index (χ0v) is 8.23. The van der Waals surface area contributed by atoms with Crippen LogP contribution in [0.4, 0.5) is 5.95 Å². The molecule has 0 amide bonds. The number of hydrogen-bond acceptors (Lipinski definition) is 5. The lowest BCUT2D eigenvalue weighted by Crippen LogP contribution is -2.12. The molecule has 0 spiro atoms. The van der Waals surface area contributed by atoms with Crippen molar-refractivity contribution in [3.05, 3.63) is 16.7 Å². The first kappa shape index (κ1) is 9.66. The van der Waals surface area contributed by atoms with Gasteiger partial charge in [-0.15, -0.1) is 0 Å². The summed E-state index contributed by atoms with van der Waals surface area (Å²) in [6, 6.07) is 0. The van der Waals surface area contributed by atoms with Gasteiger partial charge in [0.15, 0.2) is 11.2 Å². The fraction of sp³-hybridized carbons (Fsp3) is 0.375. The number of aromatic nitrogens is 4. The lowest BCUT2D eigenvalue weighted by atomic mass is 10.5. The molecular formula is C8H11N5O2. The highest BCUT2D eigenvalue weighted by Crippen LogP contribution is 2.05. The highest BCUT2D eigenvalue weighted by Gasteiger charge is 2.08. The van der Waals surface area contributed by atoms with Crippen LogP contribution in [0.5, 0.6) is 0 Å². The highest BCUT2D eigenvalue weighted by molar-refractivity contribution is 5.70. The average molecular weight is 209 g/mol. The molecule has 80 valence electrons. The monoisotopic (exact) mass is 209 g/mol. The standard InChI is InChI=1S/C8H11N5O2/c1-15-3-2-13-4-10-5-6(13)11-8(9)12-7(5)14/h4H,2-3H2,1H3,(H3,9,11,12,14). The van der Waals surface area contributed by atoms with Crippen molar-refractivity contribution in [3.8, 4) is 0 Å². The first-order valence-corrected chi connectivity index (χ1v) is 4.42. The van der Waals surface area contributed by atoms with Crippen molar-refractivity contribution < 1.29 is 4.74 Å². The number of hydrogen-bond donors (Lipinski definition) is 2. The molecule has 7 nitrogen and oxygen atoms in total. The quantitative estimate of drug-likeness (QED) is 0.699. The third kappa shape index (κ3) is 1.68. The number of methoxy groups -OCH3 is 1. The molecule has 0 saturated heterocycles. The number of ether oxygens (including phenoxy) is 1. The van der Waals surface area contributed by atoms with E-state index in [-0.39, 0.29) is 11.5 Å². The molecule has 0 bridgehead atoms. The lowest BCUT2D eigenvalue weighted by Gasteiger charge is -2.01. The van der Waals surface area contributed by atoms with E-state index in [0.29, 0.717) is 24.3 Å². The van der Waals surface area contributed by atoms with Gasteiger partial charge in [-0.3, -0.25) is 9.78 Å². The van der Waals surface area contributed by atoms with Gasteiger partial charge in [0.1, 0.15) is 0 Å². The van der Waals surface area contributed by atoms with Crippen LogP contribution in [-0.2, 0) is 11.3 Å². The summed E-state index contributed by atoms with van der Waals surface area (Å²) in [5.74, 6) is 0.0895. The molecular weight excluding hydrogens is 198 g/mol. The van der Waals surface area contributed by atoms with Gasteiger partial charge in [-0.2, -0.15) is 4.98 Å². The Balaban J connectivity index is 2.53. The Bertz CT molecular complexity index is 529. The van der Waals surface area contributed by atoms with Crippen LogP contribution in [0.15, 0.2) is 11.1 Å². The number of fused-ring (bicyclic) bond motifs is 1.